The lowest BCUT2D eigenvalue weighted by Crippen LogP contribution is -2.57. The van der Waals surface area contributed by atoms with Gasteiger partial charge in [0.15, 0.2) is 17.2 Å². The molecular formula is C21H23F3N2O2. The molecule has 1 aliphatic rings. The molecule has 1 atom stereocenters. The Labute approximate surface area is 162 Å². The standard InChI is InChI=1S/C21H23F3N2O2/c1-14-6-7-17(22)10-16(14)11-25-13-21(28)8-3-9-26(20(21)27)12-15-4-2-5-18(23)19(15)24/h2,4-7,10,25,28H,3,8-9,11-13H2,1H3. The Balaban J connectivity index is 1.65. The number of benzene rings is 2. The van der Waals surface area contributed by atoms with E-state index in [0.29, 0.717) is 19.5 Å². The van der Waals surface area contributed by atoms with Crippen LogP contribution in [0.15, 0.2) is 36.4 Å². The number of carbonyl (C=O) groups is 1. The predicted molar refractivity (Wildman–Crippen MR) is 98.8 cm³/mol. The van der Waals surface area contributed by atoms with Gasteiger partial charge in [-0.15, -0.1) is 0 Å². The van der Waals surface area contributed by atoms with Crippen molar-refractivity contribution in [3.63, 3.8) is 0 Å². The van der Waals surface area contributed by atoms with Crippen molar-refractivity contribution in [3.05, 3.63) is 70.5 Å². The second kappa shape index (κ2) is 8.32. The molecule has 0 radical (unpaired) electrons. The van der Waals surface area contributed by atoms with Crippen molar-refractivity contribution in [2.24, 2.45) is 0 Å². The molecule has 4 nitrogen and oxygen atoms in total. The second-order valence-electron chi connectivity index (χ2n) is 7.25. The summed E-state index contributed by atoms with van der Waals surface area (Å²) >= 11 is 0. The highest BCUT2D eigenvalue weighted by Gasteiger charge is 2.42. The fourth-order valence-corrected chi connectivity index (χ4v) is 3.49. The molecule has 1 fully saturated rings. The van der Waals surface area contributed by atoms with E-state index in [1.807, 2.05) is 6.92 Å². The van der Waals surface area contributed by atoms with Crippen LogP contribution in [0, 0.1) is 24.4 Å². The van der Waals surface area contributed by atoms with Crippen molar-refractivity contribution in [2.75, 3.05) is 13.1 Å². The maximum Gasteiger partial charge on any atom is 0.256 e. The topological polar surface area (TPSA) is 52.6 Å². The van der Waals surface area contributed by atoms with Gasteiger partial charge < -0.3 is 15.3 Å². The molecule has 2 N–H and O–H groups in total. The number of amides is 1. The first-order chi connectivity index (χ1) is 13.3. The van der Waals surface area contributed by atoms with Gasteiger partial charge in [-0.3, -0.25) is 4.79 Å². The third kappa shape index (κ3) is 4.36. The van der Waals surface area contributed by atoms with Gasteiger partial charge in [-0.1, -0.05) is 18.2 Å². The van der Waals surface area contributed by atoms with Crippen LogP contribution in [-0.2, 0) is 17.9 Å². The normalized spacial score (nSPS) is 19.9. The lowest BCUT2D eigenvalue weighted by Gasteiger charge is -2.38. The summed E-state index contributed by atoms with van der Waals surface area (Å²) in [5.74, 6) is -2.82. The van der Waals surface area contributed by atoms with E-state index in [1.54, 1.807) is 6.07 Å². The third-order valence-corrected chi connectivity index (χ3v) is 5.14. The van der Waals surface area contributed by atoms with E-state index < -0.39 is 23.1 Å². The van der Waals surface area contributed by atoms with Crippen molar-refractivity contribution in [2.45, 2.75) is 38.5 Å². The Morgan fingerprint density at radius 3 is 2.75 bits per heavy atom. The summed E-state index contributed by atoms with van der Waals surface area (Å²) < 4.78 is 40.7. The highest BCUT2D eigenvalue weighted by atomic mass is 19.2. The fourth-order valence-electron chi connectivity index (χ4n) is 3.49. The van der Waals surface area contributed by atoms with Crippen molar-refractivity contribution in [3.8, 4) is 0 Å². The van der Waals surface area contributed by atoms with Crippen LogP contribution in [0.4, 0.5) is 13.2 Å². The number of rotatable bonds is 6. The zero-order chi connectivity index (χ0) is 20.3. The average molecular weight is 392 g/mol. The van der Waals surface area contributed by atoms with Gasteiger partial charge in [-0.2, -0.15) is 0 Å². The Bertz CT molecular complexity index is 875. The number of hydrogen-bond donors (Lipinski definition) is 2. The summed E-state index contributed by atoms with van der Waals surface area (Å²) in [5.41, 5.74) is 0.0778. The maximum atomic E-state index is 13.9. The van der Waals surface area contributed by atoms with Crippen LogP contribution in [0.1, 0.15) is 29.5 Å². The summed E-state index contributed by atoms with van der Waals surface area (Å²) in [7, 11) is 0. The lowest BCUT2D eigenvalue weighted by atomic mass is 9.91. The molecule has 1 saturated heterocycles. The minimum atomic E-state index is -1.64. The summed E-state index contributed by atoms with van der Waals surface area (Å²) in [5, 5.41) is 13.8. The molecule has 150 valence electrons. The predicted octanol–water partition coefficient (Wildman–Crippen LogP) is 3.06. The van der Waals surface area contributed by atoms with E-state index in [4.69, 9.17) is 0 Å². The fraction of sp³-hybridized carbons (Fsp3) is 0.381. The summed E-state index contributed by atoms with van der Waals surface area (Å²) in [6.07, 6.45) is 0.808. The summed E-state index contributed by atoms with van der Waals surface area (Å²) in [6.45, 7) is 2.40. The number of halogens is 3. The van der Waals surface area contributed by atoms with Crippen LogP contribution in [0.25, 0.3) is 0 Å². The molecule has 1 aliphatic heterocycles. The van der Waals surface area contributed by atoms with Crippen LogP contribution in [-0.4, -0.2) is 34.6 Å². The Morgan fingerprint density at radius 2 is 1.96 bits per heavy atom. The first-order valence-corrected chi connectivity index (χ1v) is 9.20. The highest BCUT2D eigenvalue weighted by molar-refractivity contribution is 5.86. The molecule has 28 heavy (non-hydrogen) atoms. The maximum absolute atomic E-state index is 13.9. The number of aryl methyl sites for hydroxylation is 1. The van der Waals surface area contributed by atoms with E-state index in [-0.39, 0.29) is 30.9 Å². The quantitative estimate of drug-likeness (QED) is 0.795. The Morgan fingerprint density at radius 1 is 1.18 bits per heavy atom. The van der Waals surface area contributed by atoms with Gasteiger partial charge in [-0.25, -0.2) is 13.2 Å². The number of carbonyl (C=O) groups excluding carboxylic acids is 1. The van der Waals surface area contributed by atoms with E-state index >= 15 is 0 Å². The highest BCUT2D eigenvalue weighted by Crippen LogP contribution is 2.25. The van der Waals surface area contributed by atoms with Crippen LogP contribution in [0.2, 0.25) is 0 Å². The smallest absolute Gasteiger partial charge is 0.256 e. The molecule has 7 heteroatoms. The van der Waals surface area contributed by atoms with Crippen LogP contribution < -0.4 is 5.32 Å². The van der Waals surface area contributed by atoms with Crippen LogP contribution in [0.5, 0.6) is 0 Å². The molecular weight excluding hydrogens is 369 g/mol. The molecule has 2 aromatic carbocycles. The SMILES string of the molecule is Cc1ccc(F)cc1CNCC1(O)CCCN(Cc2cccc(F)c2F)C1=O. The van der Waals surface area contributed by atoms with Crippen molar-refractivity contribution in [1.82, 2.24) is 10.2 Å². The second-order valence-corrected chi connectivity index (χ2v) is 7.25. The molecule has 0 aliphatic carbocycles. The van der Waals surface area contributed by atoms with Crippen molar-refractivity contribution in [1.29, 1.82) is 0 Å². The molecule has 3 rings (SSSR count). The zero-order valence-electron chi connectivity index (χ0n) is 15.6. The van der Waals surface area contributed by atoms with Gasteiger partial charge in [0.2, 0.25) is 0 Å². The molecule has 1 amide bonds. The van der Waals surface area contributed by atoms with Gasteiger partial charge in [-0.05, 0) is 49.1 Å². The van der Waals surface area contributed by atoms with Gasteiger partial charge in [0.05, 0.1) is 0 Å². The third-order valence-electron chi connectivity index (χ3n) is 5.14. The van der Waals surface area contributed by atoms with Gasteiger partial charge >= 0.3 is 0 Å². The zero-order valence-corrected chi connectivity index (χ0v) is 15.6. The Kier molecular flexibility index (Phi) is 6.05. The van der Waals surface area contributed by atoms with Crippen molar-refractivity contribution < 1.29 is 23.1 Å². The molecule has 1 heterocycles. The number of hydrogen-bond acceptors (Lipinski definition) is 3. The number of likely N-dealkylation sites (tertiary alicyclic amines) is 1. The van der Waals surface area contributed by atoms with E-state index in [1.165, 1.54) is 29.2 Å². The van der Waals surface area contributed by atoms with Gasteiger partial charge in [0.25, 0.3) is 5.91 Å². The number of piperidine rings is 1. The van der Waals surface area contributed by atoms with Gasteiger partial charge in [0, 0.05) is 31.7 Å². The van der Waals surface area contributed by atoms with E-state index in [2.05, 4.69) is 5.32 Å². The number of nitrogens with zero attached hydrogens (tertiary/aromatic N) is 1. The largest absolute Gasteiger partial charge is 0.379 e. The molecule has 0 aromatic heterocycles. The molecule has 0 bridgehead atoms. The minimum Gasteiger partial charge on any atom is -0.379 e. The van der Waals surface area contributed by atoms with E-state index in [0.717, 1.165) is 17.2 Å². The van der Waals surface area contributed by atoms with Gasteiger partial charge in [0.1, 0.15) is 5.82 Å². The van der Waals surface area contributed by atoms with E-state index in [9.17, 15) is 23.1 Å². The molecule has 0 saturated carbocycles. The number of aliphatic hydroxyl groups is 1. The monoisotopic (exact) mass is 392 g/mol. The lowest BCUT2D eigenvalue weighted by molar-refractivity contribution is -0.157. The average Bonchev–Trinajstić information content (AvgIpc) is 2.66. The first-order valence-electron chi connectivity index (χ1n) is 9.20. The number of nitrogens with one attached hydrogen (secondary N) is 1. The Hall–Kier alpha value is -2.38. The first kappa shape index (κ1) is 20.4. The van der Waals surface area contributed by atoms with Crippen LogP contribution >= 0.6 is 0 Å². The van der Waals surface area contributed by atoms with Crippen LogP contribution in [0.3, 0.4) is 0 Å². The summed E-state index contributed by atoms with van der Waals surface area (Å²) in [4.78, 5) is 14.1. The molecule has 0 spiro atoms. The summed E-state index contributed by atoms with van der Waals surface area (Å²) in [6, 6.07) is 8.28. The minimum absolute atomic E-state index is 0.0100. The van der Waals surface area contributed by atoms with Crippen molar-refractivity contribution >= 4 is 5.91 Å². The molecule has 1 unspecified atom stereocenters. The molecule has 2 aromatic rings.